The van der Waals surface area contributed by atoms with Crippen molar-refractivity contribution < 1.29 is 29.9 Å². The van der Waals surface area contributed by atoms with Gasteiger partial charge in [0.15, 0.2) is 0 Å². The van der Waals surface area contributed by atoms with E-state index in [0.717, 1.165) is 24.7 Å². The van der Waals surface area contributed by atoms with Crippen molar-refractivity contribution in [2.75, 3.05) is 12.3 Å². The van der Waals surface area contributed by atoms with Crippen molar-refractivity contribution in [3.8, 4) is 5.75 Å². The predicted molar refractivity (Wildman–Crippen MR) is 103 cm³/mol. The van der Waals surface area contributed by atoms with Crippen LogP contribution in [-0.4, -0.2) is 57.6 Å². The number of benzene rings is 1. The van der Waals surface area contributed by atoms with Gasteiger partial charge >= 0.3 is 0 Å². The van der Waals surface area contributed by atoms with Gasteiger partial charge < -0.3 is 35.6 Å². The molecule has 1 aliphatic heterocycles. The lowest BCUT2D eigenvalue weighted by atomic mass is 9.82. The molecule has 2 aliphatic carbocycles. The molecule has 0 spiro atoms. The van der Waals surface area contributed by atoms with Gasteiger partial charge in [-0.3, -0.25) is 0 Å². The Bertz CT molecular complexity index is 669. The summed E-state index contributed by atoms with van der Waals surface area (Å²) in [7, 11) is 0. The summed E-state index contributed by atoms with van der Waals surface area (Å²) in [5.74, 6) is 2.04. The number of hydrogen-bond donors (Lipinski definition) is 5. The van der Waals surface area contributed by atoms with Crippen molar-refractivity contribution in [3.05, 3.63) is 23.8 Å². The van der Waals surface area contributed by atoms with Crippen molar-refractivity contribution in [2.24, 2.45) is 11.8 Å². The van der Waals surface area contributed by atoms with Crippen molar-refractivity contribution in [1.82, 2.24) is 0 Å². The minimum Gasteiger partial charge on any atom is -0.488 e. The Hall–Kier alpha value is -1.38. The third-order valence-corrected chi connectivity index (χ3v) is 6.75. The van der Waals surface area contributed by atoms with E-state index in [-0.39, 0.29) is 6.10 Å². The first-order valence-electron chi connectivity index (χ1n) is 10.3. The van der Waals surface area contributed by atoms with Crippen LogP contribution in [0.2, 0.25) is 0 Å². The highest BCUT2D eigenvalue weighted by atomic mass is 16.5. The van der Waals surface area contributed by atoms with Crippen LogP contribution in [0.5, 0.6) is 5.75 Å². The Kier molecular flexibility index (Phi) is 5.81. The lowest BCUT2D eigenvalue weighted by Gasteiger charge is -2.40. The Labute approximate surface area is 165 Å². The molecule has 0 bridgehead atoms. The van der Waals surface area contributed by atoms with Crippen molar-refractivity contribution in [2.45, 2.75) is 75.1 Å². The molecule has 0 aromatic heterocycles. The summed E-state index contributed by atoms with van der Waals surface area (Å²) >= 11 is 0. The van der Waals surface area contributed by atoms with Gasteiger partial charge in [-0.05, 0) is 42.4 Å². The van der Waals surface area contributed by atoms with E-state index in [1.54, 1.807) is 18.2 Å². The zero-order chi connectivity index (χ0) is 19.8. The van der Waals surface area contributed by atoms with E-state index >= 15 is 0 Å². The van der Waals surface area contributed by atoms with Gasteiger partial charge in [0.05, 0.1) is 18.4 Å². The van der Waals surface area contributed by atoms with Crippen LogP contribution >= 0.6 is 0 Å². The summed E-state index contributed by atoms with van der Waals surface area (Å²) in [6.45, 7) is -0.454. The molecular weight excluding hydrogens is 362 g/mol. The van der Waals surface area contributed by atoms with Gasteiger partial charge in [0.1, 0.15) is 36.3 Å². The number of rotatable bonds is 4. The Morgan fingerprint density at radius 2 is 1.68 bits per heavy atom. The molecule has 1 saturated heterocycles. The van der Waals surface area contributed by atoms with E-state index in [2.05, 4.69) is 0 Å². The van der Waals surface area contributed by atoms with Crippen LogP contribution in [0, 0.1) is 11.8 Å². The average molecular weight is 393 g/mol. The van der Waals surface area contributed by atoms with Crippen LogP contribution < -0.4 is 10.5 Å². The molecule has 4 rings (SSSR count). The highest BCUT2D eigenvalue weighted by Crippen LogP contribution is 2.44. The highest BCUT2D eigenvalue weighted by molar-refractivity contribution is 5.54. The van der Waals surface area contributed by atoms with E-state index in [0.29, 0.717) is 17.0 Å². The number of fused-ring (bicyclic) bond motifs is 1. The Morgan fingerprint density at radius 3 is 2.32 bits per heavy atom. The Balaban J connectivity index is 1.50. The third kappa shape index (κ3) is 3.74. The van der Waals surface area contributed by atoms with Crippen LogP contribution in [-0.2, 0) is 4.74 Å². The van der Waals surface area contributed by atoms with Crippen molar-refractivity contribution in [1.29, 1.82) is 0 Å². The predicted octanol–water partition coefficient (Wildman–Crippen LogP) is 1.13. The fourth-order valence-electron chi connectivity index (χ4n) is 5.16. The first-order valence-corrected chi connectivity index (χ1v) is 10.3. The van der Waals surface area contributed by atoms with Crippen LogP contribution in [0.4, 0.5) is 5.69 Å². The first-order chi connectivity index (χ1) is 13.5. The van der Waals surface area contributed by atoms with Gasteiger partial charge in [0.25, 0.3) is 0 Å². The second-order valence-electron chi connectivity index (χ2n) is 8.56. The summed E-state index contributed by atoms with van der Waals surface area (Å²) in [4.78, 5) is 0. The number of ether oxygens (including phenoxy) is 2. The summed E-state index contributed by atoms with van der Waals surface area (Å²) < 4.78 is 11.9. The van der Waals surface area contributed by atoms with Crippen molar-refractivity contribution in [3.63, 3.8) is 0 Å². The fourth-order valence-corrected chi connectivity index (χ4v) is 5.16. The summed E-state index contributed by atoms with van der Waals surface area (Å²) in [6, 6.07) is 5.15. The molecular formula is C21H31NO6. The molecule has 2 unspecified atom stereocenters. The average Bonchev–Trinajstić information content (AvgIpc) is 3.11. The normalized spacial score (nSPS) is 40.9. The van der Waals surface area contributed by atoms with E-state index in [4.69, 9.17) is 15.2 Å². The lowest BCUT2D eigenvalue weighted by Crippen LogP contribution is -2.55. The third-order valence-electron chi connectivity index (χ3n) is 6.75. The SMILES string of the molecule is Nc1ccc([C@@H]2O[C@H](CO)[C@@H](O)[C@H](O)[C@H]2O)cc1OC1CC2CCCCC2C1. The molecule has 2 saturated carbocycles. The molecule has 156 valence electrons. The van der Waals surface area contributed by atoms with Crippen LogP contribution in [0.3, 0.4) is 0 Å². The smallest absolute Gasteiger partial charge is 0.142 e. The summed E-state index contributed by atoms with van der Waals surface area (Å²) in [5.41, 5.74) is 7.23. The quantitative estimate of drug-likeness (QED) is 0.486. The number of aliphatic hydroxyl groups excluding tert-OH is 4. The molecule has 6 N–H and O–H groups in total. The van der Waals surface area contributed by atoms with Gasteiger partial charge in [-0.15, -0.1) is 0 Å². The standard InChI is InChI=1S/C21H31NO6/c22-15-6-5-13(21-20(26)19(25)18(24)17(10-23)28-21)9-16(15)27-14-7-11-3-1-2-4-12(11)8-14/h5-6,9,11-12,14,17-21,23-26H,1-4,7-8,10,22H2/t11?,12?,14?,17-,18-,19+,20-,21+/m1/s1. The van der Waals surface area contributed by atoms with E-state index < -0.39 is 37.1 Å². The zero-order valence-corrected chi connectivity index (χ0v) is 16.0. The van der Waals surface area contributed by atoms with Gasteiger partial charge in [-0.25, -0.2) is 0 Å². The van der Waals surface area contributed by atoms with E-state index in [1.165, 1.54) is 25.7 Å². The largest absolute Gasteiger partial charge is 0.488 e. The number of nitrogen functional groups attached to an aromatic ring is 1. The minimum atomic E-state index is -1.41. The molecule has 0 radical (unpaired) electrons. The van der Waals surface area contributed by atoms with Gasteiger partial charge in [-0.2, -0.15) is 0 Å². The monoisotopic (exact) mass is 393 g/mol. The molecule has 0 amide bonds. The molecule has 7 nitrogen and oxygen atoms in total. The van der Waals surface area contributed by atoms with Crippen molar-refractivity contribution >= 4 is 5.69 Å². The second kappa shape index (κ2) is 8.16. The molecule has 1 aromatic rings. The molecule has 7 atom stereocenters. The maximum atomic E-state index is 10.4. The van der Waals surface area contributed by atoms with Crippen LogP contribution in [0.1, 0.15) is 50.2 Å². The minimum absolute atomic E-state index is 0.139. The van der Waals surface area contributed by atoms with E-state index in [9.17, 15) is 20.4 Å². The molecule has 7 heteroatoms. The topological polar surface area (TPSA) is 125 Å². The van der Waals surface area contributed by atoms with Crippen LogP contribution in [0.15, 0.2) is 18.2 Å². The molecule has 1 heterocycles. The highest BCUT2D eigenvalue weighted by Gasteiger charge is 2.44. The number of hydrogen-bond acceptors (Lipinski definition) is 7. The fraction of sp³-hybridized carbons (Fsp3) is 0.714. The summed E-state index contributed by atoms with van der Waals surface area (Å²) in [5, 5.41) is 39.8. The molecule has 28 heavy (non-hydrogen) atoms. The molecule has 3 fully saturated rings. The number of anilines is 1. The van der Waals surface area contributed by atoms with Gasteiger partial charge in [0, 0.05) is 0 Å². The van der Waals surface area contributed by atoms with Gasteiger partial charge in [-0.1, -0.05) is 31.7 Å². The lowest BCUT2D eigenvalue weighted by molar-refractivity contribution is -0.231. The molecule has 1 aromatic carbocycles. The number of aliphatic hydroxyl groups is 4. The summed E-state index contributed by atoms with van der Waals surface area (Å²) in [6.07, 6.45) is 1.50. The Morgan fingerprint density at radius 1 is 1.00 bits per heavy atom. The first kappa shape index (κ1) is 19.9. The van der Waals surface area contributed by atoms with Crippen LogP contribution in [0.25, 0.3) is 0 Å². The number of nitrogens with two attached hydrogens (primary N) is 1. The maximum Gasteiger partial charge on any atom is 0.142 e. The second-order valence-corrected chi connectivity index (χ2v) is 8.56. The van der Waals surface area contributed by atoms with E-state index in [1.807, 2.05) is 0 Å². The van der Waals surface area contributed by atoms with Gasteiger partial charge in [0.2, 0.25) is 0 Å². The molecule has 3 aliphatic rings. The maximum absolute atomic E-state index is 10.4. The zero-order valence-electron chi connectivity index (χ0n) is 16.0.